The number of benzene rings is 4. The lowest BCUT2D eigenvalue weighted by Crippen LogP contribution is -2.11. The van der Waals surface area contributed by atoms with Crippen LogP contribution >= 0.6 is 0 Å². The summed E-state index contributed by atoms with van der Waals surface area (Å²) in [7, 11) is 1.31. The molecule has 0 aliphatic heterocycles. The Hall–Kier alpha value is -4.91. The molecular weight excluding hydrogens is 556 g/mol. The number of carboxylic acid groups (broad SMARTS) is 1. The number of carbonyl (C=O) groups excluding carboxylic acids is 2. The third kappa shape index (κ3) is 10.1. The van der Waals surface area contributed by atoms with Crippen LogP contribution < -0.4 is 9.47 Å². The first kappa shape index (κ1) is 33.6. The van der Waals surface area contributed by atoms with Gasteiger partial charge in [0.2, 0.25) is 0 Å². The van der Waals surface area contributed by atoms with Gasteiger partial charge in [-0.15, -0.1) is 0 Å². The van der Waals surface area contributed by atoms with Crippen molar-refractivity contribution in [2.45, 2.75) is 47.3 Å². The van der Waals surface area contributed by atoms with Crippen LogP contribution in [-0.2, 0) is 24.4 Å². The van der Waals surface area contributed by atoms with Gasteiger partial charge >= 0.3 is 11.9 Å². The zero-order chi connectivity index (χ0) is 32.1. The summed E-state index contributed by atoms with van der Waals surface area (Å²) in [6, 6.07) is 29.6. The molecule has 0 radical (unpaired) electrons. The normalized spacial score (nSPS) is 10.5. The van der Waals surface area contributed by atoms with Crippen LogP contribution in [0.2, 0.25) is 0 Å². The Kier molecular flexibility index (Phi) is 12.7. The summed E-state index contributed by atoms with van der Waals surface area (Å²) < 4.78 is 16.2. The molecule has 0 amide bonds. The van der Waals surface area contributed by atoms with E-state index in [0.29, 0.717) is 36.2 Å². The number of Topliss-reactive ketones (excluding diaryl/α,β-unsaturated/α-hetero) is 1. The fourth-order valence-corrected chi connectivity index (χ4v) is 4.35. The van der Waals surface area contributed by atoms with Crippen molar-refractivity contribution in [1.82, 2.24) is 0 Å². The predicted octanol–water partition coefficient (Wildman–Crippen LogP) is 8.05. The highest BCUT2D eigenvalue weighted by Crippen LogP contribution is 2.25. The third-order valence-electron chi connectivity index (χ3n) is 6.59. The maximum atomic E-state index is 12.1. The highest BCUT2D eigenvalue weighted by Gasteiger charge is 2.18. The lowest BCUT2D eigenvalue weighted by Gasteiger charge is -2.12. The minimum Gasteiger partial charge on any atom is -0.488 e. The van der Waals surface area contributed by atoms with Crippen LogP contribution in [-0.4, -0.2) is 29.9 Å². The molecule has 0 aliphatic rings. The van der Waals surface area contributed by atoms with Crippen LogP contribution in [0, 0.1) is 11.8 Å². The predicted molar refractivity (Wildman–Crippen MR) is 170 cm³/mol. The number of methoxy groups -OCH3 is 1. The molecule has 1 N–H and O–H groups in total. The van der Waals surface area contributed by atoms with E-state index >= 15 is 0 Å². The van der Waals surface area contributed by atoms with Gasteiger partial charge in [-0.25, -0.2) is 9.59 Å². The molecule has 4 aromatic rings. The van der Waals surface area contributed by atoms with Crippen molar-refractivity contribution in [2.24, 2.45) is 11.8 Å². The lowest BCUT2D eigenvalue weighted by atomic mass is 9.99. The molecule has 0 bridgehead atoms. The van der Waals surface area contributed by atoms with Crippen LogP contribution in [0.4, 0.5) is 0 Å². The molecule has 0 unspecified atom stereocenters. The van der Waals surface area contributed by atoms with Crippen molar-refractivity contribution in [3.05, 3.63) is 130 Å². The standard InChI is InChI=1S/C19H20O4.C18H20O3/c1-13(2)18(20)15-9-10-17(16(11-15)19(21)22-3)23-12-14-7-5-4-6-8-14;1-13(2)10-15-8-9-17(16(11-15)18(19)20)21-12-14-6-4-3-5-7-14/h4-11,13H,12H2,1-3H3;3-9,11,13H,10,12H2,1-2H3,(H,19,20). The molecule has 230 valence electrons. The monoisotopic (exact) mass is 596 g/mol. The number of rotatable bonds is 12. The van der Waals surface area contributed by atoms with Crippen molar-refractivity contribution in [1.29, 1.82) is 0 Å². The van der Waals surface area contributed by atoms with E-state index in [-0.39, 0.29) is 22.8 Å². The van der Waals surface area contributed by atoms with Gasteiger partial charge in [-0.05, 0) is 59.4 Å². The number of ether oxygens (including phenoxy) is 3. The smallest absolute Gasteiger partial charge is 0.341 e. The van der Waals surface area contributed by atoms with Crippen molar-refractivity contribution in [3.63, 3.8) is 0 Å². The number of hydrogen-bond donors (Lipinski definition) is 1. The zero-order valence-corrected chi connectivity index (χ0v) is 25.9. The summed E-state index contributed by atoms with van der Waals surface area (Å²) in [6.45, 7) is 8.56. The van der Waals surface area contributed by atoms with Crippen molar-refractivity contribution in [3.8, 4) is 11.5 Å². The molecule has 0 spiro atoms. The van der Waals surface area contributed by atoms with Gasteiger partial charge in [-0.3, -0.25) is 4.79 Å². The van der Waals surface area contributed by atoms with Gasteiger partial charge in [0.1, 0.15) is 35.8 Å². The molecule has 0 aromatic heterocycles. The average molecular weight is 597 g/mol. The van der Waals surface area contributed by atoms with Crippen LogP contribution in [0.5, 0.6) is 11.5 Å². The maximum Gasteiger partial charge on any atom is 0.341 e. The summed E-state index contributed by atoms with van der Waals surface area (Å²) in [5.74, 6) is -0.334. The molecular formula is C37H40O7. The molecule has 44 heavy (non-hydrogen) atoms. The Bertz CT molecular complexity index is 1530. The lowest BCUT2D eigenvalue weighted by molar-refractivity contribution is 0.0594. The highest BCUT2D eigenvalue weighted by atomic mass is 16.5. The van der Waals surface area contributed by atoms with Crippen LogP contribution in [0.25, 0.3) is 0 Å². The van der Waals surface area contributed by atoms with E-state index in [1.807, 2.05) is 80.6 Å². The van der Waals surface area contributed by atoms with Crippen molar-refractivity contribution < 1.29 is 33.7 Å². The van der Waals surface area contributed by atoms with Gasteiger partial charge in [-0.1, -0.05) is 94.4 Å². The van der Waals surface area contributed by atoms with Gasteiger partial charge in [0.05, 0.1) is 7.11 Å². The van der Waals surface area contributed by atoms with Crippen molar-refractivity contribution >= 4 is 17.7 Å². The number of carbonyl (C=O) groups is 3. The van der Waals surface area contributed by atoms with Gasteiger partial charge in [0.15, 0.2) is 5.78 Å². The van der Waals surface area contributed by atoms with E-state index in [4.69, 9.17) is 14.2 Å². The summed E-state index contributed by atoms with van der Waals surface area (Å²) in [5, 5.41) is 9.34. The molecule has 0 fully saturated rings. The first-order chi connectivity index (χ1) is 21.1. The van der Waals surface area contributed by atoms with Crippen molar-refractivity contribution in [2.75, 3.05) is 7.11 Å². The number of ketones is 1. The average Bonchev–Trinajstić information content (AvgIpc) is 3.03. The number of carboxylic acids is 1. The quantitative estimate of drug-likeness (QED) is 0.130. The van der Waals surface area contributed by atoms with Crippen LogP contribution in [0.3, 0.4) is 0 Å². The maximum absolute atomic E-state index is 12.1. The Morgan fingerprint density at radius 3 is 1.66 bits per heavy atom. The molecule has 4 aromatic carbocycles. The topological polar surface area (TPSA) is 99.1 Å². The molecule has 0 saturated heterocycles. The Morgan fingerprint density at radius 1 is 0.659 bits per heavy atom. The van der Waals surface area contributed by atoms with E-state index in [0.717, 1.165) is 23.1 Å². The van der Waals surface area contributed by atoms with E-state index in [9.17, 15) is 19.5 Å². The van der Waals surface area contributed by atoms with Gasteiger partial charge in [-0.2, -0.15) is 0 Å². The highest BCUT2D eigenvalue weighted by molar-refractivity contribution is 6.01. The molecule has 0 heterocycles. The molecule has 4 rings (SSSR count). The zero-order valence-electron chi connectivity index (χ0n) is 25.9. The fraction of sp³-hybridized carbons (Fsp3) is 0.270. The molecule has 0 aliphatic carbocycles. The van der Waals surface area contributed by atoms with E-state index in [1.165, 1.54) is 13.2 Å². The molecule has 7 nitrogen and oxygen atoms in total. The SMILES string of the molecule is CC(C)Cc1ccc(OCc2ccccc2)c(C(=O)O)c1.COC(=O)c1cc(C(=O)C(C)C)ccc1OCc1ccccc1. The first-order valence-electron chi connectivity index (χ1n) is 14.5. The minimum atomic E-state index is -0.955. The van der Waals surface area contributed by atoms with Gasteiger partial charge in [0.25, 0.3) is 0 Å². The molecule has 0 saturated carbocycles. The third-order valence-corrected chi connectivity index (χ3v) is 6.59. The second kappa shape index (κ2) is 16.7. The fourth-order valence-electron chi connectivity index (χ4n) is 4.35. The van der Waals surface area contributed by atoms with Crippen LogP contribution in [0.1, 0.15) is 75.5 Å². The summed E-state index contributed by atoms with van der Waals surface area (Å²) >= 11 is 0. The van der Waals surface area contributed by atoms with Crippen LogP contribution in [0.15, 0.2) is 97.1 Å². The Labute approximate surface area is 259 Å². The van der Waals surface area contributed by atoms with E-state index in [1.54, 1.807) is 24.3 Å². The number of esters is 1. The number of aromatic carboxylic acids is 1. The molecule has 7 heteroatoms. The summed E-state index contributed by atoms with van der Waals surface area (Å²) in [5.41, 5.74) is 3.99. The summed E-state index contributed by atoms with van der Waals surface area (Å²) in [4.78, 5) is 35.5. The summed E-state index contributed by atoms with van der Waals surface area (Å²) in [6.07, 6.45) is 0.860. The molecule has 0 atom stereocenters. The second-order valence-corrected chi connectivity index (χ2v) is 11.0. The van der Waals surface area contributed by atoms with Gasteiger partial charge in [0, 0.05) is 11.5 Å². The largest absolute Gasteiger partial charge is 0.488 e. The van der Waals surface area contributed by atoms with E-state index < -0.39 is 11.9 Å². The second-order valence-electron chi connectivity index (χ2n) is 11.0. The number of hydrogen-bond acceptors (Lipinski definition) is 6. The minimum absolute atomic E-state index is 0.0234. The van der Waals surface area contributed by atoms with Gasteiger partial charge < -0.3 is 19.3 Å². The van der Waals surface area contributed by atoms with E-state index in [2.05, 4.69) is 13.8 Å². The Morgan fingerprint density at radius 2 is 1.18 bits per heavy atom. The first-order valence-corrected chi connectivity index (χ1v) is 14.5. The Balaban J connectivity index is 0.000000241.